The Kier molecular flexibility index (Phi) is 7.70. The zero-order valence-electron chi connectivity index (χ0n) is 13.8. The molecule has 1 aliphatic heterocycles. The molecule has 14 heteroatoms. The molecule has 1 aliphatic rings. The minimum atomic E-state index is -5.17. The summed E-state index contributed by atoms with van der Waals surface area (Å²) in [6, 6.07) is -2.93. The fourth-order valence-corrected chi connectivity index (χ4v) is 2.98. The van der Waals surface area contributed by atoms with Crippen molar-refractivity contribution in [3.05, 3.63) is 0 Å². The molecule has 0 unspecified atom stereocenters. The summed E-state index contributed by atoms with van der Waals surface area (Å²) < 4.78 is 64.2. The third kappa shape index (κ3) is 6.82. The minimum absolute atomic E-state index is 0. The van der Waals surface area contributed by atoms with E-state index in [4.69, 9.17) is 4.74 Å². The van der Waals surface area contributed by atoms with E-state index in [1.54, 1.807) is 20.8 Å². The van der Waals surface area contributed by atoms with Gasteiger partial charge < -0.3 is 14.6 Å². The van der Waals surface area contributed by atoms with Crippen LogP contribution in [0.1, 0.15) is 20.8 Å². The fraction of sp³-hybridized carbons (Fsp3) is 0.800. The zero-order valence-corrected chi connectivity index (χ0v) is 17.4. The zero-order chi connectivity index (χ0) is 18.2. The van der Waals surface area contributed by atoms with Crippen molar-refractivity contribution >= 4 is 32.4 Å². The molecule has 0 spiro atoms. The van der Waals surface area contributed by atoms with Crippen LogP contribution < -0.4 is 34.9 Å². The molecular formula is C10H17N2NaO9S2. The van der Waals surface area contributed by atoms with E-state index in [9.17, 15) is 31.0 Å². The number of nitrogens with one attached hydrogen (secondary N) is 1. The normalized spacial score (nSPS) is 21.5. The first kappa shape index (κ1) is 23.6. The van der Waals surface area contributed by atoms with Crippen LogP contribution in [0, 0.1) is 0 Å². The molecular weight excluding hydrogens is 379 g/mol. The summed E-state index contributed by atoms with van der Waals surface area (Å²) in [5, 5.41) is 2.08. The first-order valence-electron chi connectivity index (χ1n) is 6.25. The van der Waals surface area contributed by atoms with Crippen molar-refractivity contribution in [3.8, 4) is 0 Å². The molecule has 1 rings (SSSR count). The second-order valence-corrected chi connectivity index (χ2v) is 8.66. The van der Waals surface area contributed by atoms with Gasteiger partial charge in [0, 0.05) is 0 Å². The van der Waals surface area contributed by atoms with Crippen molar-refractivity contribution in [2.24, 2.45) is 0 Å². The van der Waals surface area contributed by atoms with Gasteiger partial charge in [0.1, 0.15) is 17.7 Å². The van der Waals surface area contributed by atoms with Crippen molar-refractivity contribution in [1.29, 1.82) is 0 Å². The van der Waals surface area contributed by atoms with Gasteiger partial charge in [0.05, 0.1) is 12.9 Å². The maximum Gasteiger partial charge on any atom is 1.00 e. The van der Waals surface area contributed by atoms with Crippen LogP contribution in [0.15, 0.2) is 0 Å². The van der Waals surface area contributed by atoms with Gasteiger partial charge in [-0.2, -0.15) is 8.42 Å². The van der Waals surface area contributed by atoms with Crippen molar-refractivity contribution < 1.29 is 69.5 Å². The van der Waals surface area contributed by atoms with E-state index in [0.29, 0.717) is 6.26 Å². The number of alkyl carbamates (subject to hydrolysis) is 1. The molecule has 1 heterocycles. The molecule has 2 amide bonds. The van der Waals surface area contributed by atoms with E-state index in [0.717, 1.165) is 0 Å². The Morgan fingerprint density at radius 3 is 2.17 bits per heavy atom. The molecule has 1 fully saturated rings. The van der Waals surface area contributed by atoms with Gasteiger partial charge in [-0.1, -0.05) is 0 Å². The summed E-state index contributed by atoms with van der Waals surface area (Å²) in [7, 11) is -9.11. The van der Waals surface area contributed by atoms with Crippen LogP contribution in [0.5, 0.6) is 0 Å². The average Bonchev–Trinajstić information content (AvgIpc) is 2.25. The number of nitrogens with zero attached hydrogens (tertiary/aromatic N) is 1. The van der Waals surface area contributed by atoms with E-state index in [-0.39, 0.29) is 33.9 Å². The molecule has 0 bridgehead atoms. The first-order chi connectivity index (χ1) is 10.1. The summed E-state index contributed by atoms with van der Waals surface area (Å²) in [6.07, 6.45) is -0.317. The number of hydrogen-bond acceptors (Lipinski definition) is 9. The Balaban J connectivity index is 0.00000529. The molecule has 11 nitrogen and oxygen atoms in total. The van der Waals surface area contributed by atoms with Gasteiger partial charge in [-0.25, -0.2) is 17.5 Å². The number of carbonyl (C=O) groups is 2. The molecule has 0 saturated carbocycles. The Morgan fingerprint density at radius 1 is 1.29 bits per heavy atom. The van der Waals surface area contributed by atoms with Crippen LogP contribution in [0.3, 0.4) is 0 Å². The molecule has 134 valence electrons. The SMILES string of the molecule is CC(C)(C)OC(=O)N[C@H]1C(=O)N(S(=O)(=O)[O-])[C@H]1COS(C)(=O)=O.[Na+]. The van der Waals surface area contributed by atoms with Crippen LogP contribution in [0.2, 0.25) is 0 Å². The predicted molar refractivity (Wildman–Crippen MR) is 74.3 cm³/mol. The average molecular weight is 396 g/mol. The quantitative estimate of drug-likeness (QED) is 0.209. The standard InChI is InChI=1S/C10H18N2O9S2.Na/c1-10(2,3)21-9(14)11-7-6(5-20-22(4,15)16)12(8(7)13)23(17,18)19;/h6-7H,5H2,1-4H3,(H,11,14)(H,17,18,19);/q;+1/p-1/t6-,7+;/m0./s1. The van der Waals surface area contributed by atoms with Crippen LogP contribution in [0.4, 0.5) is 4.79 Å². The molecule has 1 N–H and O–H groups in total. The van der Waals surface area contributed by atoms with Crippen LogP contribution in [-0.2, 0) is 34.1 Å². The molecule has 2 atom stereocenters. The summed E-state index contributed by atoms with van der Waals surface area (Å²) in [6.45, 7) is 3.89. The van der Waals surface area contributed by atoms with Gasteiger partial charge in [0.15, 0.2) is 10.3 Å². The van der Waals surface area contributed by atoms with Crippen molar-refractivity contribution in [2.75, 3.05) is 12.9 Å². The number of carbonyl (C=O) groups excluding carboxylic acids is 2. The second kappa shape index (κ2) is 7.85. The summed E-state index contributed by atoms with van der Waals surface area (Å²) in [5.41, 5.74) is -0.875. The number of ether oxygens (including phenoxy) is 1. The minimum Gasteiger partial charge on any atom is -0.731 e. The van der Waals surface area contributed by atoms with E-state index in [1.165, 1.54) is 0 Å². The Morgan fingerprint density at radius 2 is 1.79 bits per heavy atom. The van der Waals surface area contributed by atoms with Crippen LogP contribution >= 0.6 is 0 Å². The third-order valence-electron chi connectivity index (χ3n) is 2.54. The third-order valence-corrected chi connectivity index (χ3v) is 4.03. The molecule has 1 saturated heterocycles. The molecule has 0 aliphatic carbocycles. The smallest absolute Gasteiger partial charge is 0.731 e. The Bertz CT molecular complexity index is 698. The second-order valence-electron chi connectivity index (χ2n) is 5.77. The van der Waals surface area contributed by atoms with E-state index in [2.05, 4.69) is 9.50 Å². The van der Waals surface area contributed by atoms with E-state index < -0.39 is 56.7 Å². The number of rotatable bonds is 5. The predicted octanol–water partition coefficient (Wildman–Crippen LogP) is -4.47. The van der Waals surface area contributed by atoms with Gasteiger partial charge in [-0.3, -0.25) is 8.98 Å². The molecule has 0 aromatic rings. The van der Waals surface area contributed by atoms with E-state index in [1.807, 2.05) is 0 Å². The topological polar surface area (TPSA) is 159 Å². The first-order valence-corrected chi connectivity index (χ1v) is 9.43. The fourth-order valence-electron chi connectivity index (χ4n) is 1.74. The maximum atomic E-state index is 11.7. The van der Waals surface area contributed by atoms with Crippen LogP contribution in [-0.4, -0.2) is 68.2 Å². The Hall–Kier alpha value is -0.440. The van der Waals surface area contributed by atoms with Gasteiger partial charge in [-0.05, 0) is 20.8 Å². The monoisotopic (exact) mass is 396 g/mol. The summed E-state index contributed by atoms with van der Waals surface area (Å²) in [4.78, 5) is 23.3. The number of amides is 2. The largest absolute Gasteiger partial charge is 1.00 e. The van der Waals surface area contributed by atoms with Crippen LogP contribution in [0.25, 0.3) is 0 Å². The summed E-state index contributed by atoms with van der Waals surface area (Å²) >= 11 is 0. The van der Waals surface area contributed by atoms with E-state index >= 15 is 0 Å². The van der Waals surface area contributed by atoms with Gasteiger partial charge in [-0.15, -0.1) is 0 Å². The Labute approximate surface area is 162 Å². The van der Waals surface area contributed by atoms with Gasteiger partial charge in [0.2, 0.25) is 0 Å². The van der Waals surface area contributed by atoms with Gasteiger partial charge in [0.25, 0.3) is 16.0 Å². The molecule has 0 aromatic heterocycles. The van der Waals surface area contributed by atoms with Crippen molar-refractivity contribution in [1.82, 2.24) is 9.62 Å². The van der Waals surface area contributed by atoms with Crippen molar-refractivity contribution in [2.45, 2.75) is 38.5 Å². The molecule has 24 heavy (non-hydrogen) atoms. The number of β-lactam (4-membered cyclic amide) rings is 1. The van der Waals surface area contributed by atoms with Crippen molar-refractivity contribution in [3.63, 3.8) is 0 Å². The number of hydrogen-bond donors (Lipinski definition) is 1. The van der Waals surface area contributed by atoms with Gasteiger partial charge >= 0.3 is 35.7 Å². The molecule has 0 aromatic carbocycles. The summed E-state index contributed by atoms with van der Waals surface area (Å²) in [5.74, 6) is -1.20. The maximum absolute atomic E-state index is 11.7. The molecule has 0 radical (unpaired) electrons.